The number of nitrogens with one attached hydrogen (secondary N) is 1. The highest BCUT2D eigenvalue weighted by molar-refractivity contribution is 5.93. The molecule has 0 atom stereocenters. The van der Waals surface area contributed by atoms with E-state index in [0.717, 1.165) is 13.0 Å². The molecule has 60 valence electrons. The summed E-state index contributed by atoms with van der Waals surface area (Å²) in [5.41, 5.74) is 6.01. The van der Waals surface area contributed by atoms with E-state index in [4.69, 9.17) is 11.1 Å². The molecule has 1 aromatic rings. The molecule has 1 rings (SSSR count). The molecule has 4 heteroatoms. The minimum atomic E-state index is 0.0796. The van der Waals surface area contributed by atoms with Crippen molar-refractivity contribution in [2.75, 3.05) is 0 Å². The van der Waals surface area contributed by atoms with Gasteiger partial charge in [0.1, 0.15) is 11.5 Å². The van der Waals surface area contributed by atoms with Crippen LogP contribution < -0.4 is 5.73 Å². The predicted molar refractivity (Wildman–Crippen MR) is 43.5 cm³/mol. The zero-order valence-electron chi connectivity index (χ0n) is 6.54. The topological polar surface area (TPSA) is 67.7 Å². The molecular formula is C7H12N4. The number of aromatic nitrogens is 2. The van der Waals surface area contributed by atoms with Crippen LogP contribution in [0.5, 0.6) is 0 Å². The van der Waals surface area contributed by atoms with E-state index in [1.807, 2.05) is 4.57 Å². The Bertz CT molecular complexity index is 251. The number of rotatable bonds is 3. The molecule has 0 saturated heterocycles. The summed E-state index contributed by atoms with van der Waals surface area (Å²) < 4.78 is 1.88. The van der Waals surface area contributed by atoms with E-state index in [2.05, 4.69) is 11.9 Å². The fourth-order valence-corrected chi connectivity index (χ4v) is 0.964. The molecule has 0 fully saturated rings. The van der Waals surface area contributed by atoms with Gasteiger partial charge in [-0.25, -0.2) is 4.98 Å². The number of aryl methyl sites for hydroxylation is 1. The maximum Gasteiger partial charge on any atom is 0.141 e. The second kappa shape index (κ2) is 3.18. The zero-order valence-corrected chi connectivity index (χ0v) is 6.54. The third-order valence-corrected chi connectivity index (χ3v) is 1.45. The largest absolute Gasteiger partial charge is 0.382 e. The first-order chi connectivity index (χ1) is 5.25. The van der Waals surface area contributed by atoms with Crippen LogP contribution in [0.1, 0.15) is 19.0 Å². The van der Waals surface area contributed by atoms with Crippen LogP contribution in [0.15, 0.2) is 12.5 Å². The smallest absolute Gasteiger partial charge is 0.141 e. The molecule has 0 amide bonds. The molecule has 0 saturated carbocycles. The van der Waals surface area contributed by atoms with Gasteiger partial charge >= 0.3 is 0 Å². The Hall–Kier alpha value is -1.32. The van der Waals surface area contributed by atoms with Crippen molar-refractivity contribution >= 4 is 5.84 Å². The number of nitrogens with two attached hydrogens (primary N) is 1. The van der Waals surface area contributed by atoms with Gasteiger partial charge in [0.05, 0.1) is 12.5 Å². The number of hydrogen-bond donors (Lipinski definition) is 2. The molecule has 0 aliphatic rings. The third-order valence-electron chi connectivity index (χ3n) is 1.45. The van der Waals surface area contributed by atoms with Crippen molar-refractivity contribution in [3.8, 4) is 0 Å². The SMILES string of the molecule is CCCn1cncc1C(=N)N. The molecule has 0 aliphatic carbocycles. The van der Waals surface area contributed by atoms with Gasteiger partial charge in [0.25, 0.3) is 0 Å². The summed E-state index contributed by atoms with van der Waals surface area (Å²) in [5, 5.41) is 7.19. The lowest BCUT2D eigenvalue weighted by Gasteiger charge is -2.02. The van der Waals surface area contributed by atoms with Crippen LogP contribution in [0.4, 0.5) is 0 Å². The minimum Gasteiger partial charge on any atom is -0.382 e. The van der Waals surface area contributed by atoms with Crippen molar-refractivity contribution in [1.29, 1.82) is 5.41 Å². The van der Waals surface area contributed by atoms with Crippen LogP contribution in [-0.4, -0.2) is 15.4 Å². The van der Waals surface area contributed by atoms with Crippen LogP contribution in [0.2, 0.25) is 0 Å². The van der Waals surface area contributed by atoms with Gasteiger partial charge < -0.3 is 10.3 Å². The van der Waals surface area contributed by atoms with E-state index >= 15 is 0 Å². The minimum absolute atomic E-state index is 0.0796. The van der Waals surface area contributed by atoms with Crippen molar-refractivity contribution in [3.05, 3.63) is 18.2 Å². The maximum atomic E-state index is 7.19. The highest BCUT2D eigenvalue weighted by Gasteiger charge is 2.02. The molecule has 0 aliphatic heterocycles. The van der Waals surface area contributed by atoms with E-state index in [1.165, 1.54) is 0 Å². The van der Waals surface area contributed by atoms with Crippen LogP contribution >= 0.6 is 0 Å². The summed E-state index contributed by atoms with van der Waals surface area (Å²) in [6, 6.07) is 0. The number of nitrogen functional groups attached to an aromatic ring is 1. The average Bonchev–Trinajstić information content (AvgIpc) is 2.36. The fraction of sp³-hybridized carbons (Fsp3) is 0.429. The van der Waals surface area contributed by atoms with Gasteiger partial charge in [0.2, 0.25) is 0 Å². The Kier molecular flexibility index (Phi) is 2.25. The number of nitrogens with zero attached hydrogens (tertiary/aromatic N) is 2. The van der Waals surface area contributed by atoms with Crippen LogP contribution in [0.3, 0.4) is 0 Å². The summed E-state index contributed by atoms with van der Waals surface area (Å²) in [6.45, 7) is 2.94. The molecule has 1 heterocycles. The van der Waals surface area contributed by atoms with Crippen LogP contribution in [0.25, 0.3) is 0 Å². The molecule has 0 aromatic carbocycles. The lowest BCUT2D eigenvalue weighted by Crippen LogP contribution is -2.16. The first kappa shape index (κ1) is 7.78. The van der Waals surface area contributed by atoms with E-state index in [-0.39, 0.29) is 5.84 Å². The summed E-state index contributed by atoms with van der Waals surface area (Å²) in [4.78, 5) is 3.90. The Morgan fingerprint density at radius 3 is 3.09 bits per heavy atom. The highest BCUT2D eigenvalue weighted by atomic mass is 15.1. The number of amidine groups is 1. The van der Waals surface area contributed by atoms with Crippen molar-refractivity contribution in [2.24, 2.45) is 5.73 Å². The van der Waals surface area contributed by atoms with Gasteiger partial charge in [0.15, 0.2) is 0 Å². The Morgan fingerprint density at radius 1 is 1.82 bits per heavy atom. The first-order valence-corrected chi connectivity index (χ1v) is 3.60. The molecule has 3 N–H and O–H groups in total. The Morgan fingerprint density at radius 2 is 2.55 bits per heavy atom. The lowest BCUT2D eigenvalue weighted by molar-refractivity contribution is 0.673. The molecule has 0 radical (unpaired) electrons. The number of imidazole rings is 1. The van der Waals surface area contributed by atoms with E-state index in [1.54, 1.807) is 12.5 Å². The van der Waals surface area contributed by atoms with Crippen LogP contribution in [-0.2, 0) is 6.54 Å². The van der Waals surface area contributed by atoms with Gasteiger partial charge in [-0.3, -0.25) is 5.41 Å². The highest BCUT2D eigenvalue weighted by Crippen LogP contribution is 1.98. The van der Waals surface area contributed by atoms with Gasteiger partial charge in [-0.05, 0) is 6.42 Å². The normalized spacial score (nSPS) is 9.91. The Labute approximate surface area is 65.6 Å². The molecule has 11 heavy (non-hydrogen) atoms. The average molecular weight is 152 g/mol. The quantitative estimate of drug-likeness (QED) is 0.491. The fourth-order valence-electron chi connectivity index (χ4n) is 0.964. The summed E-state index contributed by atoms with van der Waals surface area (Å²) >= 11 is 0. The predicted octanol–water partition coefficient (Wildman–Crippen LogP) is 0.577. The maximum absolute atomic E-state index is 7.19. The van der Waals surface area contributed by atoms with Crippen molar-refractivity contribution in [3.63, 3.8) is 0 Å². The molecule has 4 nitrogen and oxygen atoms in total. The van der Waals surface area contributed by atoms with E-state index < -0.39 is 0 Å². The van der Waals surface area contributed by atoms with Gasteiger partial charge in [-0.1, -0.05) is 6.92 Å². The lowest BCUT2D eigenvalue weighted by atomic mass is 10.4. The summed E-state index contributed by atoms with van der Waals surface area (Å²) in [6.07, 6.45) is 4.33. The molecule has 0 spiro atoms. The van der Waals surface area contributed by atoms with Crippen molar-refractivity contribution in [1.82, 2.24) is 9.55 Å². The number of hydrogen-bond acceptors (Lipinski definition) is 2. The van der Waals surface area contributed by atoms with Crippen molar-refractivity contribution in [2.45, 2.75) is 19.9 Å². The van der Waals surface area contributed by atoms with E-state index in [0.29, 0.717) is 5.69 Å². The second-order valence-corrected chi connectivity index (χ2v) is 2.39. The molecular weight excluding hydrogens is 140 g/mol. The van der Waals surface area contributed by atoms with Gasteiger partial charge in [0, 0.05) is 6.54 Å². The molecule has 0 bridgehead atoms. The monoisotopic (exact) mass is 152 g/mol. The standard InChI is InChI=1S/C7H12N4/c1-2-3-11-5-10-4-6(11)7(8)9/h4-5H,2-3H2,1H3,(H3,8,9). The molecule has 0 unspecified atom stereocenters. The van der Waals surface area contributed by atoms with Gasteiger partial charge in [-0.15, -0.1) is 0 Å². The van der Waals surface area contributed by atoms with Crippen LogP contribution in [0, 0.1) is 5.41 Å². The zero-order chi connectivity index (χ0) is 8.27. The van der Waals surface area contributed by atoms with Gasteiger partial charge in [-0.2, -0.15) is 0 Å². The second-order valence-electron chi connectivity index (χ2n) is 2.39. The van der Waals surface area contributed by atoms with Crippen molar-refractivity contribution < 1.29 is 0 Å². The first-order valence-electron chi connectivity index (χ1n) is 3.60. The summed E-state index contributed by atoms with van der Waals surface area (Å²) in [5.74, 6) is 0.0796. The Balaban J connectivity index is 2.87. The summed E-state index contributed by atoms with van der Waals surface area (Å²) in [7, 11) is 0. The molecule has 1 aromatic heterocycles. The third kappa shape index (κ3) is 1.58. The van der Waals surface area contributed by atoms with E-state index in [9.17, 15) is 0 Å².